The summed E-state index contributed by atoms with van der Waals surface area (Å²) in [6.45, 7) is 0.0950. The summed E-state index contributed by atoms with van der Waals surface area (Å²) in [6, 6.07) is 23.3. The lowest BCUT2D eigenvalue weighted by Crippen LogP contribution is -1.95. The molecule has 0 fully saturated rings. The van der Waals surface area contributed by atoms with Crippen LogP contribution in [-0.2, 0) is 6.61 Å². The van der Waals surface area contributed by atoms with Gasteiger partial charge < -0.3 is 9.26 Å². The molecule has 0 amide bonds. The molecule has 0 aliphatic heterocycles. The Morgan fingerprint density at radius 1 is 0.941 bits per heavy atom. The fourth-order valence-electron chi connectivity index (χ4n) is 3.05. The van der Waals surface area contributed by atoms with Crippen LogP contribution in [0, 0.1) is 5.82 Å². The molecule has 0 spiro atoms. The van der Waals surface area contributed by atoms with Crippen LogP contribution < -0.4 is 10.2 Å². The van der Waals surface area contributed by atoms with Crippen molar-refractivity contribution in [3.63, 3.8) is 0 Å². The molecule has 0 saturated carbocycles. The van der Waals surface area contributed by atoms with Crippen molar-refractivity contribution in [2.75, 3.05) is 5.43 Å². The minimum atomic E-state index is -0.322. The molecular weight excluding hydrogens is 453 g/mol. The van der Waals surface area contributed by atoms with Gasteiger partial charge in [0.25, 0.3) is 5.89 Å². The normalized spacial score (nSPS) is 11.1. The second-order valence-corrected chi connectivity index (χ2v) is 8.01. The quantitative estimate of drug-likeness (QED) is 0.220. The lowest BCUT2D eigenvalue weighted by Gasteiger charge is -2.01. The SMILES string of the molecule is Fc1ccc(OCc2nc(-c3ccc(C=NNc4nc(-c5ccccc5)cs4)cc3)no2)cc1. The smallest absolute Gasteiger partial charge is 0.264 e. The fraction of sp³-hybridized carbons (Fsp3) is 0.0400. The van der Waals surface area contributed by atoms with Crippen molar-refractivity contribution in [3.05, 3.63) is 102 Å². The molecule has 0 saturated heterocycles. The molecule has 168 valence electrons. The molecule has 0 aliphatic carbocycles. The highest BCUT2D eigenvalue weighted by atomic mass is 32.1. The second-order valence-electron chi connectivity index (χ2n) is 7.15. The highest BCUT2D eigenvalue weighted by molar-refractivity contribution is 7.14. The fourth-order valence-corrected chi connectivity index (χ4v) is 3.72. The molecule has 2 aromatic heterocycles. The number of hydrogen-bond donors (Lipinski definition) is 1. The van der Waals surface area contributed by atoms with Crippen LogP contribution in [0.4, 0.5) is 9.52 Å². The zero-order chi connectivity index (χ0) is 23.2. The van der Waals surface area contributed by atoms with Crippen LogP contribution >= 0.6 is 11.3 Å². The van der Waals surface area contributed by atoms with Gasteiger partial charge in [-0.25, -0.2) is 9.37 Å². The number of aromatic nitrogens is 3. The molecule has 0 atom stereocenters. The van der Waals surface area contributed by atoms with E-state index in [-0.39, 0.29) is 12.4 Å². The monoisotopic (exact) mass is 471 g/mol. The summed E-state index contributed by atoms with van der Waals surface area (Å²) in [5.41, 5.74) is 6.65. The number of benzene rings is 3. The maximum Gasteiger partial charge on any atom is 0.264 e. The largest absolute Gasteiger partial charge is 0.484 e. The van der Waals surface area contributed by atoms with E-state index in [0.717, 1.165) is 22.4 Å². The van der Waals surface area contributed by atoms with Crippen molar-refractivity contribution < 1.29 is 13.7 Å². The van der Waals surface area contributed by atoms with Gasteiger partial charge in [-0.05, 0) is 29.8 Å². The molecule has 0 aliphatic rings. The number of halogens is 1. The Hall–Kier alpha value is -4.37. The van der Waals surface area contributed by atoms with E-state index in [9.17, 15) is 4.39 Å². The van der Waals surface area contributed by atoms with Gasteiger partial charge in [0.15, 0.2) is 6.61 Å². The number of hydrogen-bond acceptors (Lipinski definition) is 8. The van der Waals surface area contributed by atoms with Gasteiger partial charge in [-0.3, -0.25) is 5.43 Å². The number of rotatable bonds is 8. The number of nitrogens with zero attached hydrogens (tertiary/aromatic N) is 4. The third-order valence-electron chi connectivity index (χ3n) is 4.76. The Morgan fingerprint density at radius 3 is 2.53 bits per heavy atom. The number of thiazole rings is 1. The van der Waals surface area contributed by atoms with Gasteiger partial charge in [-0.15, -0.1) is 11.3 Å². The number of hydrazone groups is 1. The Labute approximate surface area is 198 Å². The summed E-state index contributed by atoms with van der Waals surface area (Å²) < 4.78 is 23.7. The van der Waals surface area contributed by atoms with E-state index in [1.54, 1.807) is 18.3 Å². The lowest BCUT2D eigenvalue weighted by molar-refractivity contribution is 0.242. The zero-order valence-corrected chi connectivity index (χ0v) is 18.6. The summed E-state index contributed by atoms with van der Waals surface area (Å²) in [6.07, 6.45) is 1.71. The van der Waals surface area contributed by atoms with Gasteiger partial charge in [0.2, 0.25) is 11.0 Å². The standard InChI is InChI=1S/C25H18FN5O2S/c26-20-10-12-21(13-11-20)32-15-23-29-24(31-33-23)19-8-6-17(7-9-19)14-27-30-25-28-22(16-34-25)18-4-2-1-3-5-18/h1-14,16H,15H2,(H,28,30). The molecular formula is C25H18FN5O2S. The van der Waals surface area contributed by atoms with Crippen molar-refractivity contribution in [2.24, 2.45) is 5.10 Å². The number of nitrogens with one attached hydrogen (secondary N) is 1. The minimum Gasteiger partial charge on any atom is -0.484 e. The summed E-state index contributed by atoms with van der Waals surface area (Å²) in [7, 11) is 0. The summed E-state index contributed by atoms with van der Waals surface area (Å²) >= 11 is 1.49. The van der Waals surface area contributed by atoms with E-state index in [1.807, 2.05) is 60.0 Å². The molecule has 5 aromatic rings. The Morgan fingerprint density at radius 2 is 1.74 bits per heavy atom. The van der Waals surface area contributed by atoms with Crippen LogP contribution in [0.25, 0.3) is 22.6 Å². The van der Waals surface area contributed by atoms with Crippen molar-refractivity contribution >= 4 is 22.7 Å². The van der Waals surface area contributed by atoms with E-state index >= 15 is 0 Å². The maximum absolute atomic E-state index is 13.0. The van der Waals surface area contributed by atoms with E-state index in [2.05, 4.69) is 25.7 Å². The first-order valence-corrected chi connectivity index (χ1v) is 11.2. The predicted octanol–water partition coefficient (Wildman–Crippen LogP) is 6.02. The van der Waals surface area contributed by atoms with Crippen LogP contribution in [0.1, 0.15) is 11.5 Å². The van der Waals surface area contributed by atoms with Crippen molar-refractivity contribution in [2.45, 2.75) is 6.61 Å². The summed E-state index contributed by atoms with van der Waals surface area (Å²) in [4.78, 5) is 8.89. The van der Waals surface area contributed by atoms with Crippen LogP contribution in [0.15, 0.2) is 93.9 Å². The van der Waals surface area contributed by atoms with Crippen LogP contribution in [0.5, 0.6) is 5.75 Å². The van der Waals surface area contributed by atoms with Crippen molar-refractivity contribution in [1.29, 1.82) is 0 Å². The summed E-state index contributed by atoms with van der Waals surface area (Å²) in [5, 5.41) is 11.0. The van der Waals surface area contributed by atoms with Gasteiger partial charge >= 0.3 is 0 Å². The van der Waals surface area contributed by atoms with Gasteiger partial charge in [0, 0.05) is 16.5 Å². The first kappa shape index (κ1) is 21.5. The van der Waals surface area contributed by atoms with E-state index in [0.29, 0.717) is 22.6 Å². The van der Waals surface area contributed by atoms with Gasteiger partial charge in [0.05, 0.1) is 11.9 Å². The molecule has 5 rings (SSSR count). The van der Waals surface area contributed by atoms with Crippen LogP contribution in [0.3, 0.4) is 0 Å². The Kier molecular flexibility index (Phi) is 6.35. The molecule has 0 unspecified atom stereocenters. The molecule has 9 heteroatoms. The van der Waals surface area contributed by atoms with Gasteiger partial charge in [-0.1, -0.05) is 59.8 Å². The molecule has 1 N–H and O–H groups in total. The van der Waals surface area contributed by atoms with Gasteiger partial charge in [-0.2, -0.15) is 10.1 Å². The summed E-state index contributed by atoms with van der Waals surface area (Å²) in [5.74, 6) is 0.979. The Balaban J connectivity index is 1.16. The molecule has 7 nitrogen and oxygen atoms in total. The van der Waals surface area contributed by atoms with Crippen LogP contribution in [-0.4, -0.2) is 21.3 Å². The number of anilines is 1. The van der Waals surface area contributed by atoms with Gasteiger partial charge in [0.1, 0.15) is 11.6 Å². The molecule has 2 heterocycles. The maximum atomic E-state index is 13.0. The zero-order valence-electron chi connectivity index (χ0n) is 17.8. The second kappa shape index (κ2) is 10.1. The highest BCUT2D eigenvalue weighted by Gasteiger charge is 2.09. The minimum absolute atomic E-state index is 0.0950. The van der Waals surface area contributed by atoms with E-state index in [4.69, 9.17) is 9.26 Å². The van der Waals surface area contributed by atoms with Crippen molar-refractivity contribution in [3.8, 4) is 28.4 Å². The molecule has 34 heavy (non-hydrogen) atoms. The molecule has 0 radical (unpaired) electrons. The predicted molar refractivity (Wildman–Crippen MR) is 129 cm³/mol. The topological polar surface area (TPSA) is 85.4 Å². The first-order chi connectivity index (χ1) is 16.7. The van der Waals surface area contributed by atoms with Crippen LogP contribution in [0.2, 0.25) is 0 Å². The number of ether oxygens (including phenoxy) is 1. The molecule has 3 aromatic carbocycles. The molecule has 0 bridgehead atoms. The van der Waals surface area contributed by atoms with Crippen molar-refractivity contribution in [1.82, 2.24) is 15.1 Å². The first-order valence-electron chi connectivity index (χ1n) is 10.3. The average molecular weight is 472 g/mol. The highest BCUT2D eigenvalue weighted by Crippen LogP contribution is 2.24. The lowest BCUT2D eigenvalue weighted by atomic mass is 10.1. The Bertz CT molecular complexity index is 1380. The average Bonchev–Trinajstić information content (AvgIpc) is 3.55. The van der Waals surface area contributed by atoms with E-state index < -0.39 is 0 Å². The third kappa shape index (κ3) is 5.33. The third-order valence-corrected chi connectivity index (χ3v) is 5.51. The van der Waals surface area contributed by atoms with E-state index in [1.165, 1.54) is 23.5 Å².